The minimum Gasteiger partial charge on any atom is -0.418 e. The number of nitrogens with two attached hydrogens (primary N) is 1. The van der Waals surface area contributed by atoms with Gasteiger partial charge in [-0.1, -0.05) is 0 Å². The lowest BCUT2D eigenvalue weighted by Gasteiger charge is -2.24. The van der Waals surface area contributed by atoms with E-state index in [0.29, 0.717) is 23.6 Å². The first-order valence-electron chi connectivity index (χ1n) is 8.88. The Hall–Kier alpha value is -2.53. The van der Waals surface area contributed by atoms with Gasteiger partial charge in [-0.15, -0.1) is 0 Å². The first-order chi connectivity index (χ1) is 13.2. The fourth-order valence-electron chi connectivity index (χ4n) is 2.58. The number of alkyl halides is 2. The molecule has 2 unspecified atom stereocenters. The van der Waals surface area contributed by atoms with E-state index in [4.69, 9.17) is 10.6 Å². The molecule has 0 bridgehead atoms. The molecule has 0 aromatic carbocycles. The molecule has 0 spiro atoms. The minimum atomic E-state index is -3.01. The Kier molecular flexibility index (Phi) is 7.08. The summed E-state index contributed by atoms with van der Waals surface area (Å²) in [4.78, 5) is 8.94. The van der Waals surface area contributed by atoms with Crippen molar-refractivity contribution in [2.45, 2.75) is 58.9 Å². The van der Waals surface area contributed by atoms with Gasteiger partial charge in [0, 0.05) is 12.7 Å². The summed E-state index contributed by atoms with van der Waals surface area (Å²) in [6.07, 6.45) is 4.17. The van der Waals surface area contributed by atoms with Gasteiger partial charge in [-0.2, -0.15) is 13.9 Å². The van der Waals surface area contributed by atoms with Crippen molar-refractivity contribution in [1.29, 1.82) is 0 Å². The van der Waals surface area contributed by atoms with Gasteiger partial charge in [-0.25, -0.2) is 20.5 Å². The second-order valence-electron chi connectivity index (χ2n) is 7.08. The van der Waals surface area contributed by atoms with E-state index in [1.54, 1.807) is 24.0 Å². The third-order valence-corrected chi connectivity index (χ3v) is 3.85. The molecule has 156 valence electrons. The summed E-state index contributed by atoms with van der Waals surface area (Å²) in [6, 6.07) is -0.567. The molecule has 9 nitrogen and oxygen atoms in total. The Morgan fingerprint density at radius 2 is 2.07 bits per heavy atom. The number of nitrogens with zero attached hydrogens (tertiary/aromatic N) is 4. The molecule has 0 radical (unpaired) electrons. The Balaban J connectivity index is 2.36. The van der Waals surface area contributed by atoms with Crippen molar-refractivity contribution in [1.82, 2.24) is 25.2 Å². The monoisotopic (exact) mass is 399 g/mol. The molecule has 11 heteroatoms. The van der Waals surface area contributed by atoms with Crippen LogP contribution in [-0.4, -0.2) is 45.1 Å². The molecule has 2 aromatic heterocycles. The number of rotatable bonds is 9. The van der Waals surface area contributed by atoms with Crippen LogP contribution in [0.2, 0.25) is 0 Å². The molecule has 0 amide bonds. The fourth-order valence-corrected chi connectivity index (χ4v) is 2.58. The Morgan fingerprint density at radius 1 is 1.36 bits per heavy atom. The average Bonchev–Trinajstić information content (AvgIpc) is 3.03. The number of hydrogen-bond donors (Lipinski definition) is 3. The molecular formula is C17H27F2N7O2. The molecule has 28 heavy (non-hydrogen) atoms. The summed E-state index contributed by atoms with van der Waals surface area (Å²) in [7, 11) is 0. The molecular weight excluding hydrogens is 372 g/mol. The van der Waals surface area contributed by atoms with E-state index >= 15 is 0 Å². The quantitative estimate of drug-likeness (QED) is 0.335. The fraction of sp³-hybridized carbons (Fsp3) is 0.588. The Morgan fingerprint density at radius 3 is 2.64 bits per heavy atom. The summed E-state index contributed by atoms with van der Waals surface area (Å²) in [5, 5.41) is 7.47. The second kappa shape index (κ2) is 9.11. The van der Waals surface area contributed by atoms with Gasteiger partial charge in [0.25, 0.3) is 0 Å². The zero-order valence-corrected chi connectivity index (χ0v) is 16.6. The van der Waals surface area contributed by atoms with E-state index < -0.39 is 12.7 Å². The van der Waals surface area contributed by atoms with Crippen molar-refractivity contribution in [3.8, 4) is 0 Å². The summed E-state index contributed by atoms with van der Waals surface area (Å²) in [5.41, 5.74) is 3.08. The van der Waals surface area contributed by atoms with Gasteiger partial charge in [0.15, 0.2) is 5.65 Å². The summed E-state index contributed by atoms with van der Waals surface area (Å²) in [6.45, 7) is 7.07. The Bertz CT molecular complexity index is 804. The van der Waals surface area contributed by atoms with Crippen LogP contribution in [0.15, 0.2) is 24.4 Å². The van der Waals surface area contributed by atoms with Crippen LogP contribution >= 0.6 is 0 Å². The van der Waals surface area contributed by atoms with Gasteiger partial charge in [-0.3, -0.25) is 5.43 Å². The van der Waals surface area contributed by atoms with Crippen LogP contribution in [0.1, 0.15) is 34.6 Å². The molecule has 4 N–H and O–H groups in total. The number of hydrazine groups is 1. The van der Waals surface area contributed by atoms with Crippen LogP contribution in [0.3, 0.4) is 0 Å². The first-order valence-corrected chi connectivity index (χ1v) is 8.88. The van der Waals surface area contributed by atoms with Gasteiger partial charge in [0.1, 0.15) is 11.3 Å². The number of ether oxygens (including phenoxy) is 2. The molecule has 0 aliphatic carbocycles. The summed E-state index contributed by atoms with van der Waals surface area (Å²) in [5.74, 6) is 5.43. The maximum Gasteiger partial charge on any atom is 0.388 e. The van der Waals surface area contributed by atoms with E-state index in [2.05, 4.69) is 30.5 Å². The topological polar surface area (TPSA) is 112 Å². The molecule has 0 fully saturated rings. The van der Waals surface area contributed by atoms with Crippen LogP contribution in [0.25, 0.3) is 11.2 Å². The maximum absolute atomic E-state index is 12.6. The van der Waals surface area contributed by atoms with Crippen molar-refractivity contribution in [3.63, 3.8) is 0 Å². The molecule has 2 heterocycles. The van der Waals surface area contributed by atoms with Crippen molar-refractivity contribution in [3.05, 3.63) is 24.4 Å². The summed E-state index contributed by atoms with van der Waals surface area (Å²) >= 11 is 0. The van der Waals surface area contributed by atoms with E-state index in [0.717, 1.165) is 0 Å². The van der Waals surface area contributed by atoms with E-state index in [9.17, 15) is 8.78 Å². The molecule has 2 rings (SSSR count). The minimum absolute atomic E-state index is 0.283. The highest BCUT2D eigenvalue weighted by Gasteiger charge is 2.21. The predicted molar refractivity (Wildman–Crippen MR) is 101 cm³/mol. The van der Waals surface area contributed by atoms with Gasteiger partial charge >= 0.3 is 6.61 Å². The molecule has 0 aliphatic rings. The van der Waals surface area contributed by atoms with Crippen molar-refractivity contribution in [2.75, 3.05) is 11.9 Å². The van der Waals surface area contributed by atoms with Crippen molar-refractivity contribution in [2.24, 2.45) is 5.84 Å². The average molecular weight is 399 g/mol. The van der Waals surface area contributed by atoms with Crippen LogP contribution in [0.5, 0.6) is 0 Å². The molecule has 2 aromatic rings. The van der Waals surface area contributed by atoms with Crippen molar-refractivity contribution < 1.29 is 18.3 Å². The SMILES string of the molecule is CCOC(C)C(/C=C(\NN)OC(F)F)Nc1cnc2cnn(C(C)(C)C)c2n1. The van der Waals surface area contributed by atoms with Crippen molar-refractivity contribution >= 4 is 17.0 Å². The highest BCUT2D eigenvalue weighted by Crippen LogP contribution is 2.21. The van der Waals surface area contributed by atoms with E-state index in [1.807, 2.05) is 27.7 Å². The smallest absolute Gasteiger partial charge is 0.388 e. The standard InChI is InChI=1S/C17H27F2N7O2/c1-6-27-10(2)11(7-14(25-20)28-16(18)19)23-13-9-21-12-8-22-26(15(12)24-13)17(3,4)5/h7-11,16,25H,6,20H2,1-5H3,(H,23,24)/b14-7+. The number of hydrogen-bond acceptors (Lipinski definition) is 8. The lowest BCUT2D eigenvalue weighted by Crippen LogP contribution is -2.35. The van der Waals surface area contributed by atoms with Gasteiger partial charge in [0.2, 0.25) is 5.88 Å². The largest absolute Gasteiger partial charge is 0.418 e. The lowest BCUT2D eigenvalue weighted by molar-refractivity contribution is -0.102. The number of fused-ring (bicyclic) bond motifs is 1. The molecule has 0 saturated heterocycles. The number of nitrogens with one attached hydrogen (secondary N) is 2. The van der Waals surface area contributed by atoms with Crippen LogP contribution < -0.4 is 16.6 Å². The number of anilines is 1. The third-order valence-electron chi connectivity index (χ3n) is 3.85. The highest BCUT2D eigenvalue weighted by atomic mass is 19.3. The lowest BCUT2D eigenvalue weighted by atomic mass is 10.1. The van der Waals surface area contributed by atoms with Gasteiger partial charge in [0.05, 0.1) is 30.1 Å². The number of aromatic nitrogens is 4. The van der Waals surface area contributed by atoms with Crippen LogP contribution in [0, 0.1) is 0 Å². The molecule has 0 saturated carbocycles. The van der Waals surface area contributed by atoms with Gasteiger partial charge in [-0.05, 0) is 34.6 Å². The van der Waals surface area contributed by atoms with E-state index in [-0.39, 0.29) is 17.5 Å². The van der Waals surface area contributed by atoms with E-state index in [1.165, 1.54) is 6.08 Å². The summed E-state index contributed by atoms with van der Waals surface area (Å²) < 4.78 is 36.8. The Labute approximate surface area is 162 Å². The highest BCUT2D eigenvalue weighted by molar-refractivity contribution is 5.71. The predicted octanol–water partition coefficient (Wildman–Crippen LogP) is 2.33. The zero-order valence-electron chi connectivity index (χ0n) is 16.6. The van der Waals surface area contributed by atoms with Gasteiger partial charge < -0.3 is 14.8 Å². The molecule has 2 atom stereocenters. The second-order valence-corrected chi connectivity index (χ2v) is 7.08. The van der Waals surface area contributed by atoms with Crippen LogP contribution in [-0.2, 0) is 15.0 Å². The zero-order chi connectivity index (χ0) is 20.9. The first kappa shape index (κ1) is 21.8. The van der Waals surface area contributed by atoms with Crippen LogP contribution in [0.4, 0.5) is 14.6 Å². The molecule has 0 aliphatic heterocycles. The third kappa shape index (κ3) is 5.49. The normalized spacial score (nSPS) is 15.0. The maximum atomic E-state index is 12.6. The number of halogens is 2.